The first-order valence-corrected chi connectivity index (χ1v) is 11.5. The zero-order chi connectivity index (χ0) is 22.0. The minimum Gasteiger partial charge on any atom is -0.495 e. The van der Waals surface area contributed by atoms with Crippen molar-refractivity contribution in [3.8, 4) is 17.0 Å². The molecule has 1 saturated heterocycles. The first-order chi connectivity index (χ1) is 14.9. The van der Waals surface area contributed by atoms with Crippen LogP contribution in [0.1, 0.15) is 23.3 Å². The maximum absolute atomic E-state index is 12.9. The Morgan fingerprint density at radius 2 is 1.90 bits per heavy atom. The van der Waals surface area contributed by atoms with Crippen LogP contribution in [0.2, 0.25) is 5.02 Å². The first-order valence-electron chi connectivity index (χ1n) is 9.70. The summed E-state index contributed by atoms with van der Waals surface area (Å²) in [7, 11) is -2.25. The fourth-order valence-corrected chi connectivity index (χ4v) is 5.36. The highest BCUT2D eigenvalue weighted by molar-refractivity contribution is 7.89. The van der Waals surface area contributed by atoms with E-state index in [0.29, 0.717) is 35.1 Å². The van der Waals surface area contributed by atoms with Gasteiger partial charge in [0.15, 0.2) is 0 Å². The molecule has 2 N–H and O–H groups in total. The fourth-order valence-electron chi connectivity index (χ4n) is 3.47. The van der Waals surface area contributed by atoms with E-state index in [1.54, 1.807) is 12.1 Å². The molecule has 2 heterocycles. The summed E-state index contributed by atoms with van der Waals surface area (Å²) in [6, 6.07) is 13.3. The van der Waals surface area contributed by atoms with Crippen molar-refractivity contribution in [2.24, 2.45) is 0 Å². The van der Waals surface area contributed by atoms with Gasteiger partial charge in [0, 0.05) is 30.4 Å². The van der Waals surface area contributed by atoms with Crippen molar-refractivity contribution >= 4 is 33.2 Å². The van der Waals surface area contributed by atoms with Gasteiger partial charge in [0.05, 0.1) is 17.8 Å². The second-order valence-corrected chi connectivity index (χ2v) is 9.39. The number of carbonyl (C=O) groups excluding carboxylic acids is 1. The van der Waals surface area contributed by atoms with Gasteiger partial charge in [-0.15, -0.1) is 0 Å². The van der Waals surface area contributed by atoms with Crippen molar-refractivity contribution in [2.75, 3.05) is 25.5 Å². The molecule has 1 fully saturated rings. The fraction of sp³-hybridized carbons (Fsp3) is 0.238. The molecule has 31 heavy (non-hydrogen) atoms. The molecule has 10 heteroatoms. The molecule has 1 aromatic heterocycles. The Bertz CT molecular complexity index is 1220. The maximum Gasteiger partial charge on any atom is 0.273 e. The molecule has 0 unspecified atom stereocenters. The van der Waals surface area contributed by atoms with Crippen molar-refractivity contribution in [3.63, 3.8) is 0 Å². The Kier molecular flexibility index (Phi) is 5.99. The maximum atomic E-state index is 12.9. The van der Waals surface area contributed by atoms with Crippen molar-refractivity contribution in [3.05, 3.63) is 59.2 Å². The molecule has 8 nitrogen and oxygen atoms in total. The first kappa shape index (κ1) is 21.4. The normalized spacial score (nSPS) is 14.5. The average molecular weight is 461 g/mol. The average Bonchev–Trinajstić information content (AvgIpc) is 3.46. The summed E-state index contributed by atoms with van der Waals surface area (Å²) in [5.41, 5.74) is 1.89. The molecular formula is C21H21ClN4O4S. The SMILES string of the molecule is COc1cc(NC(=O)c2cc(-c3ccccc3Cl)n[nH]2)ccc1S(=O)(=O)N1CCCC1. The van der Waals surface area contributed by atoms with Gasteiger partial charge in [-0.25, -0.2) is 8.42 Å². The molecule has 1 aliphatic rings. The summed E-state index contributed by atoms with van der Waals surface area (Å²) in [6.07, 6.45) is 1.69. The minimum atomic E-state index is -3.64. The van der Waals surface area contributed by atoms with Crippen LogP contribution in [-0.4, -0.2) is 49.0 Å². The number of nitrogens with zero attached hydrogens (tertiary/aromatic N) is 2. The van der Waals surface area contributed by atoms with Gasteiger partial charge in [-0.2, -0.15) is 9.40 Å². The number of carbonyl (C=O) groups is 1. The van der Waals surface area contributed by atoms with Crippen LogP contribution in [0.3, 0.4) is 0 Å². The monoisotopic (exact) mass is 460 g/mol. The van der Waals surface area contributed by atoms with Gasteiger partial charge >= 0.3 is 0 Å². The highest BCUT2D eigenvalue weighted by atomic mass is 35.5. The number of aromatic amines is 1. The van der Waals surface area contributed by atoms with E-state index in [4.69, 9.17) is 16.3 Å². The highest BCUT2D eigenvalue weighted by Crippen LogP contribution is 2.32. The van der Waals surface area contributed by atoms with Crippen LogP contribution in [-0.2, 0) is 10.0 Å². The zero-order valence-corrected chi connectivity index (χ0v) is 18.3. The zero-order valence-electron chi connectivity index (χ0n) is 16.8. The number of rotatable bonds is 6. The molecule has 0 radical (unpaired) electrons. The van der Waals surface area contributed by atoms with Gasteiger partial charge in [0.1, 0.15) is 16.3 Å². The Balaban J connectivity index is 1.55. The summed E-state index contributed by atoms with van der Waals surface area (Å²) in [6.45, 7) is 0.995. The number of halogens is 1. The summed E-state index contributed by atoms with van der Waals surface area (Å²) in [4.78, 5) is 12.7. The summed E-state index contributed by atoms with van der Waals surface area (Å²) < 4.78 is 32.5. The third kappa shape index (κ3) is 4.30. The number of H-pyrrole nitrogens is 1. The lowest BCUT2D eigenvalue weighted by Gasteiger charge is -2.18. The molecule has 1 amide bonds. The third-order valence-electron chi connectivity index (χ3n) is 5.08. The number of amides is 1. The summed E-state index contributed by atoms with van der Waals surface area (Å²) in [5.74, 6) is -0.255. The molecule has 0 saturated carbocycles. The standard InChI is InChI=1S/C21H21ClN4O4S/c1-30-19-12-14(8-9-20(19)31(28,29)26-10-4-5-11-26)23-21(27)18-13-17(24-25-18)15-6-2-3-7-16(15)22/h2-3,6-9,12-13H,4-5,10-11H2,1H3,(H,23,27)(H,24,25). The molecule has 0 aliphatic carbocycles. The molecule has 0 atom stereocenters. The van der Waals surface area contributed by atoms with Crippen molar-refractivity contribution < 1.29 is 17.9 Å². The second-order valence-electron chi connectivity index (χ2n) is 7.08. The Morgan fingerprint density at radius 3 is 2.61 bits per heavy atom. The van der Waals surface area contributed by atoms with Gasteiger partial charge in [0.2, 0.25) is 10.0 Å². The number of anilines is 1. The minimum absolute atomic E-state index is 0.0810. The number of benzene rings is 2. The van der Waals surface area contributed by atoms with E-state index in [1.165, 1.54) is 29.6 Å². The number of hydrogen-bond acceptors (Lipinski definition) is 5. The van der Waals surface area contributed by atoms with E-state index in [1.807, 2.05) is 18.2 Å². The summed E-state index contributed by atoms with van der Waals surface area (Å²) >= 11 is 6.19. The van der Waals surface area contributed by atoms with Crippen LogP contribution in [0, 0.1) is 0 Å². The van der Waals surface area contributed by atoms with Gasteiger partial charge in [-0.05, 0) is 37.1 Å². The van der Waals surface area contributed by atoms with Crippen LogP contribution >= 0.6 is 11.6 Å². The summed E-state index contributed by atoms with van der Waals surface area (Å²) in [5, 5.41) is 10.1. The lowest BCUT2D eigenvalue weighted by Crippen LogP contribution is -2.28. The lowest BCUT2D eigenvalue weighted by molar-refractivity contribution is 0.102. The lowest BCUT2D eigenvalue weighted by atomic mass is 10.1. The van der Waals surface area contributed by atoms with Crippen molar-refractivity contribution in [1.82, 2.24) is 14.5 Å². The molecule has 0 bridgehead atoms. The van der Waals surface area contributed by atoms with Crippen LogP contribution in [0.5, 0.6) is 5.75 Å². The van der Waals surface area contributed by atoms with Crippen molar-refractivity contribution in [2.45, 2.75) is 17.7 Å². The van der Waals surface area contributed by atoms with Gasteiger partial charge in [-0.3, -0.25) is 9.89 Å². The van der Waals surface area contributed by atoms with Crippen LogP contribution in [0.25, 0.3) is 11.3 Å². The Labute approximate surface area is 185 Å². The molecule has 0 spiro atoms. The van der Waals surface area contributed by atoms with E-state index in [0.717, 1.165) is 12.8 Å². The quantitative estimate of drug-likeness (QED) is 0.582. The topological polar surface area (TPSA) is 104 Å². The van der Waals surface area contributed by atoms with E-state index in [2.05, 4.69) is 15.5 Å². The number of nitrogens with one attached hydrogen (secondary N) is 2. The molecule has 3 aromatic rings. The predicted octanol–water partition coefficient (Wildman–Crippen LogP) is 3.78. The van der Waals surface area contributed by atoms with Crippen molar-refractivity contribution in [1.29, 1.82) is 0 Å². The third-order valence-corrected chi connectivity index (χ3v) is 7.34. The van der Waals surface area contributed by atoms with Gasteiger partial charge in [-0.1, -0.05) is 29.8 Å². The highest BCUT2D eigenvalue weighted by Gasteiger charge is 2.30. The Hall–Kier alpha value is -2.88. The van der Waals surface area contributed by atoms with E-state index in [-0.39, 0.29) is 16.3 Å². The Morgan fingerprint density at radius 1 is 1.16 bits per heavy atom. The van der Waals surface area contributed by atoms with E-state index >= 15 is 0 Å². The predicted molar refractivity (Wildman–Crippen MR) is 118 cm³/mol. The van der Waals surface area contributed by atoms with Gasteiger partial charge in [0.25, 0.3) is 5.91 Å². The smallest absolute Gasteiger partial charge is 0.273 e. The van der Waals surface area contributed by atoms with E-state index in [9.17, 15) is 13.2 Å². The molecule has 162 valence electrons. The van der Waals surface area contributed by atoms with Gasteiger partial charge < -0.3 is 10.1 Å². The molecule has 4 rings (SSSR count). The molecule has 2 aromatic carbocycles. The number of ether oxygens (including phenoxy) is 1. The van der Waals surface area contributed by atoms with Crippen LogP contribution < -0.4 is 10.1 Å². The van der Waals surface area contributed by atoms with Crippen LogP contribution in [0.15, 0.2) is 53.4 Å². The van der Waals surface area contributed by atoms with Crippen LogP contribution in [0.4, 0.5) is 5.69 Å². The number of methoxy groups -OCH3 is 1. The van der Waals surface area contributed by atoms with E-state index < -0.39 is 15.9 Å². The second kappa shape index (κ2) is 8.70. The largest absolute Gasteiger partial charge is 0.495 e. The molecule has 1 aliphatic heterocycles. The molecular weight excluding hydrogens is 440 g/mol. The number of sulfonamides is 1. The number of aromatic nitrogens is 2. The number of hydrogen-bond donors (Lipinski definition) is 2.